The van der Waals surface area contributed by atoms with Gasteiger partial charge in [0.15, 0.2) is 0 Å². The van der Waals surface area contributed by atoms with E-state index in [1.54, 1.807) is 17.4 Å². The van der Waals surface area contributed by atoms with Gasteiger partial charge >= 0.3 is 0 Å². The average Bonchev–Trinajstić information content (AvgIpc) is 3.09. The second-order valence-corrected chi connectivity index (χ2v) is 9.25. The number of aromatic nitrogens is 2. The number of halogens is 2. The minimum atomic E-state index is -0.348. The molecule has 0 spiro atoms. The zero-order chi connectivity index (χ0) is 18.4. The molecule has 0 unspecified atom stereocenters. The van der Waals surface area contributed by atoms with Crippen molar-refractivity contribution in [2.75, 3.05) is 0 Å². The van der Waals surface area contributed by atoms with Crippen molar-refractivity contribution in [2.24, 2.45) is 5.41 Å². The van der Waals surface area contributed by atoms with Gasteiger partial charge in [-0.25, -0.2) is 9.37 Å². The van der Waals surface area contributed by atoms with Gasteiger partial charge in [-0.3, -0.25) is 4.40 Å². The number of imidazole rings is 1. The van der Waals surface area contributed by atoms with Gasteiger partial charge in [-0.1, -0.05) is 26.8 Å². The van der Waals surface area contributed by atoms with Gasteiger partial charge in [-0.05, 0) is 42.5 Å². The molecule has 0 aliphatic rings. The summed E-state index contributed by atoms with van der Waals surface area (Å²) in [5, 5.41) is 2.62. The standard InChI is InChI=1S/C21H18F2N2S/c1-10-19(23)25-14-8-5-11(9-21(2,3)4)17-16(14)15-12(20(25)24-10)6-7-13(22)18(15)26-17/h5-8H,9H2,1-4H3. The molecule has 2 nitrogen and oxygen atoms in total. The number of hydrogen-bond donors (Lipinski definition) is 0. The van der Waals surface area contributed by atoms with Crippen molar-refractivity contribution >= 4 is 48.1 Å². The highest BCUT2D eigenvalue weighted by molar-refractivity contribution is 7.26. The molecule has 5 aromatic rings. The Morgan fingerprint density at radius 1 is 1.04 bits per heavy atom. The SMILES string of the molecule is Cc1nc2c3ccc(F)c4sc5c(CC(C)(C)C)ccc(c5c43)n2c1F. The maximum Gasteiger partial charge on any atom is 0.221 e. The lowest BCUT2D eigenvalue weighted by molar-refractivity contribution is 0.413. The molecule has 0 aliphatic heterocycles. The molecule has 5 heteroatoms. The Morgan fingerprint density at radius 3 is 2.54 bits per heavy atom. The summed E-state index contributed by atoms with van der Waals surface area (Å²) < 4.78 is 32.7. The molecule has 0 N–H and O–H groups in total. The third kappa shape index (κ3) is 1.98. The topological polar surface area (TPSA) is 17.3 Å². The number of fused-ring (bicyclic) bond motifs is 3. The van der Waals surface area contributed by atoms with Crippen molar-refractivity contribution in [1.82, 2.24) is 9.38 Å². The summed E-state index contributed by atoms with van der Waals surface area (Å²) in [5.41, 5.74) is 2.97. The molecular weight excluding hydrogens is 350 g/mol. The highest BCUT2D eigenvalue weighted by Gasteiger charge is 2.24. The van der Waals surface area contributed by atoms with E-state index in [1.165, 1.54) is 23.0 Å². The molecule has 5 rings (SSSR count). The van der Waals surface area contributed by atoms with Crippen molar-refractivity contribution in [2.45, 2.75) is 34.1 Å². The van der Waals surface area contributed by atoms with E-state index >= 15 is 0 Å². The first-order valence-corrected chi connectivity index (χ1v) is 9.50. The largest absolute Gasteiger partial charge is 0.268 e. The fourth-order valence-electron chi connectivity index (χ4n) is 3.97. The van der Waals surface area contributed by atoms with Gasteiger partial charge in [0.1, 0.15) is 11.5 Å². The van der Waals surface area contributed by atoms with Crippen LogP contribution in [0.15, 0.2) is 24.3 Å². The summed E-state index contributed by atoms with van der Waals surface area (Å²) in [5.74, 6) is -0.575. The van der Waals surface area contributed by atoms with E-state index in [4.69, 9.17) is 0 Å². The van der Waals surface area contributed by atoms with Crippen LogP contribution in [0.1, 0.15) is 32.0 Å². The maximum atomic E-state index is 14.8. The van der Waals surface area contributed by atoms with Gasteiger partial charge in [-0.15, -0.1) is 11.3 Å². The van der Waals surface area contributed by atoms with E-state index in [0.717, 1.165) is 32.8 Å². The number of pyridine rings is 1. The van der Waals surface area contributed by atoms with Crippen LogP contribution in [0, 0.1) is 24.1 Å². The zero-order valence-electron chi connectivity index (χ0n) is 15.1. The van der Waals surface area contributed by atoms with Crippen LogP contribution in [-0.2, 0) is 6.42 Å². The molecule has 0 saturated carbocycles. The average molecular weight is 368 g/mol. The summed E-state index contributed by atoms with van der Waals surface area (Å²) >= 11 is 1.47. The second kappa shape index (κ2) is 4.92. The van der Waals surface area contributed by atoms with E-state index in [-0.39, 0.29) is 17.2 Å². The van der Waals surface area contributed by atoms with Crippen LogP contribution in [0.2, 0.25) is 0 Å². The highest BCUT2D eigenvalue weighted by atomic mass is 32.1. The summed E-state index contributed by atoms with van der Waals surface area (Å²) in [7, 11) is 0. The normalized spacial score (nSPS) is 13.2. The number of rotatable bonds is 1. The van der Waals surface area contributed by atoms with Gasteiger partial charge in [-0.2, -0.15) is 4.39 Å². The van der Waals surface area contributed by atoms with Gasteiger partial charge in [0.05, 0.1) is 15.9 Å². The van der Waals surface area contributed by atoms with Crippen molar-refractivity contribution in [3.8, 4) is 0 Å². The van der Waals surface area contributed by atoms with Gasteiger partial charge < -0.3 is 0 Å². The molecule has 2 aromatic carbocycles. The van der Waals surface area contributed by atoms with E-state index in [0.29, 0.717) is 16.0 Å². The van der Waals surface area contributed by atoms with Crippen LogP contribution in [0.4, 0.5) is 8.78 Å². The Labute approximate surface area is 153 Å². The first-order chi connectivity index (χ1) is 12.3. The monoisotopic (exact) mass is 368 g/mol. The van der Waals surface area contributed by atoms with Crippen LogP contribution in [0.5, 0.6) is 0 Å². The molecule has 26 heavy (non-hydrogen) atoms. The predicted octanol–water partition coefficient (Wildman–Crippen LogP) is 6.47. The Morgan fingerprint density at radius 2 is 1.81 bits per heavy atom. The lowest BCUT2D eigenvalue weighted by Crippen LogP contribution is -2.09. The summed E-state index contributed by atoms with van der Waals surface area (Å²) in [6.07, 6.45) is 0.881. The van der Waals surface area contributed by atoms with E-state index in [1.807, 2.05) is 6.07 Å². The van der Waals surface area contributed by atoms with Gasteiger partial charge in [0, 0.05) is 20.9 Å². The Bertz CT molecular complexity index is 1320. The Balaban J connectivity index is 2.07. The quantitative estimate of drug-likeness (QED) is 0.310. The van der Waals surface area contributed by atoms with Crippen molar-refractivity contribution in [1.29, 1.82) is 0 Å². The van der Waals surface area contributed by atoms with Crippen molar-refractivity contribution < 1.29 is 8.78 Å². The van der Waals surface area contributed by atoms with Crippen molar-refractivity contribution in [3.63, 3.8) is 0 Å². The Kier molecular flexibility index (Phi) is 3.01. The van der Waals surface area contributed by atoms with Crippen LogP contribution >= 0.6 is 11.3 Å². The number of benzene rings is 2. The first-order valence-electron chi connectivity index (χ1n) is 8.68. The van der Waals surface area contributed by atoms with Crippen LogP contribution < -0.4 is 0 Å². The Hall–Kier alpha value is -2.27. The molecule has 0 saturated heterocycles. The summed E-state index contributed by atoms with van der Waals surface area (Å²) in [4.78, 5) is 4.42. The fourth-order valence-corrected chi connectivity index (χ4v) is 5.24. The van der Waals surface area contributed by atoms with E-state index < -0.39 is 0 Å². The molecule has 0 radical (unpaired) electrons. The highest BCUT2D eigenvalue weighted by Crippen LogP contribution is 2.45. The first kappa shape index (κ1) is 15.9. The summed E-state index contributed by atoms with van der Waals surface area (Å²) in [6.45, 7) is 8.23. The smallest absolute Gasteiger partial charge is 0.221 e. The molecule has 0 fully saturated rings. The summed E-state index contributed by atoms with van der Waals surface area (Å²) in [6, 6.07) is 7.20. The minimum absolute atomic E-state index is 0.109. The zero-order valence-corrected chi connectivity index (χ0v) is 15.9. The molecule has 3 aromatic heterocycles. The molecule has 132 valence electrons. The number of hydrogen-bond acceptors (Lipinski definition) is 2. The minimum Gasteiger partial charge on any atom is -0.268 e. The molecule has 3 heterocycles. The molecule has 0 aliphatic carbocycles. The maximum absolute atomic E-state index is 14.8. The van der Waals surface area contributed by atoms with E-state index in [9.17, 15) is 8.78 Å². The second-order valence-electron chi connectivity index (χ2n) is 8.23. The molecule has 0 bridgehead atoms. The lowest BCUT2D eigenvalue weighted by atomic mass is 9.87. The third-order valence-electron chi connectivity index (χ3n) is 4.96. The van der Waals surface area contributed by atoms with Crippen LogP contribution in [0.25, 0.3) is 36.7 Å². The van der Waals surface area contributed by atoms with Gasteiger partial charge in [0.25, 0.3) is 0 Å². The van der Waals surface area contributed by atoms with Crippen LogP contribution in [0.3, 0.4) is 0 Å². The molecule has 0 atom stereocenters. The van der Waals surface area contributed by atoms with Crippen molar-refractivity contribution in [3.05, 3.63) is 47.3 Å². The molecular formula is C21H18F2N2S. The number of thiophene rings is 1. The molecule has 0 amide bonds. The number of aryl methyl sites for hydroxylation is 1. The lowest BCUT2D eigenvalue weighted by Gasteiger charge is -2.19. The fraction of sp³-hybridized carbons (Fsp3) is 0.286. The number of nitrogens with zero attached hydrogens (tertiary/aromatic N) is 2. The predicted molar refractivity (Wildman–Crippen MR) is 105 cm³/mol. The van der Waals surface area contributed by atoms with E-state index in [2.05, 4.69) is 31.8 Å². The third-order valence-corrected chi connectivity index (χ3v) is 6.24. The van der Waals surface area contributed by atoms with Crippen LogP contribution in [-0.4, -0.2) is 9.38 Å². The van der Waals surface area contributed by atoms with Gasteiger partial charge in [0.2, 0.25) is 5.95 Å².